The third-order valence-corrected chi connectivity index (χ3v) is 8.68. The highest BCUT2D eigenvalue weighted by atomic mass is 16.6. The quantitative estimate of drug-likeness (QED) is 0.0331. The Kier molecular flexibility index (Phi) is 30.4. The first-order valence-electron chi connectivity index (χ1n) is 20.6. The van der Waals surface area contributed by atoms with E-state index in [9.17, 15) is 57.5 Å². The molecule has 64 heavy (non-hydrogen) atoms. The lowest BCUT2D eigenvalue weighted by atomic mass is 10.2. The highest BCUT2D eigenvalue weighted by Gasteiger charge is 2.26. The van der Waals surface area contributed by atoms with Crippen LogP contribution in [0.25, 0.3) is 0 Å². The van der Waals surface area contributed by atoms with Gasteiger partial charge in [0.05, 0.1) is 78.5 Å². The minimum absolute atomic E-state index is 0.0819. The molecule has 0 atom stereocenters. The number of esters is 4. The van der Waals surface area contributed by atoms with Crippen molar-refractivity contribution in [3.8, 4) is 0 Å². The van der Waals surface area contributed by atoms with Gasteiger partial charge in [-0.15, -0.1) is 0 Å². The van der Waals surface area contributed by atoms with Crippen LogP contribution < -0.4 is 0 Å². The van der Waals surface area contributed by atoms with E-state index in [0.29, 0.717) is 65.0 Å². The number of ether oxygens (including phenoxy) is 2. The van der Waals surface area contributed by atoms with E-state index in [0.717, 1.165) is 12.8 Å². The van der Waals surface area contributed by atoms with Crippen molar-refractivity contribution in [3.63, 3.8) is 0 Å². The summed E-state index contributed by atoms with van der Waals surface area (Å²) < 4.78 is 8.85. The molecule has 362 valence electrons. The van der Waals surface area contributed by atoms with E-state index in [-0.39, 0.29) is 102 Å². The van der Waals surface area contributed by atoms with Crippen LogP contribution in [0.4, 0.5) is 0 Å². The average Bonchev–Trinajstić information content (AvgIpc) is 3.11. The fourth-order valence-electron chi connectivity index (χ4n) is 6.43. The van der Waals surface area contributed by atoms with Crippen molar-refractivity contribution in [1.82, 2.24) is 29.4 Å². The van der Waals surface area contributed by atoms with Crippen LogP contribution in [0.1, 0.15) is 66.2 Å². The first kappa shape index (κ1) is 58.6. The van der Waals surface area contributed by atoms with Gasteiger partial charge in [-0.2, -0.15) is 0 Å². The number of hydrogen-bond donors (Lipinski definition) is 4. The van der Waals surface area contributed by atoms with Gasteiger partial charge in [0.1, 0.15) is 23.1 Å². The standard InChI is InChI=1S/2C14H24N2O6.C12H16N2O6/c2*1-11(17)7-15(9-13(19)20)5-3-4-6-16(8-12(2)18)10-14(21)22;15-9-5-13(6-10(16)19-9)3-1-2-4-14-7-11(17)20-12(18)8-14/h2*3-10H2,1-2H3,(H,19,20)(H,21,22);1-8H2. The van der Waals surface area contributed by atoms with Crippen molar-refractivity contribution >= 4 is 70.9 Å². The molecule has 2 fully saturated rings. The Hall–Kier alpha value is -5.40. The maximum atomic E-state index is 11.1. The second kappa shape index (κ2) is 33.2. The van der Waals surface area contributed by atoms with E-state index in [1.54, 1.807) is 9.80 Å². The zero-order valence-corrected chi connectivity index (χ0v) is 37.2. The van der Waals surface area contributed by atoms with Crippen LogP contribution in [-0.4, -0.2) is 239 Å². The van der Waals surface area contributed by atoms with Gasteiger partial charge in [-0.3, -0.25) is 86.9 Å². The zero-order chi connectivity index (χ0) is 48.8. The van der Waals surface area contributed by atoms with E-state index >= 15 is 0 Å². The van der Waals surface area contributed by atoms with Gasteiger partial charge >= 0.3 is 47.8 Å². The van der Waals surface area contributed by atoms with Gasteiger partial charge in [-0.1, -0.05) is 0 Å². The van der Waals surface area contributed by atoms with Gasteiger partial charge < -0.3 is 29.9 Å². The molecule has 0 radical (unpaired) electrons. The van der Waals surface area contributed by atoms with Crippen LogP contribution in [0, 0.1) is 0 Å². The summed E-state index contributed by atoms with van der Waals surface area (Å²) in [5.41, 5.74) is 0. The van der Waals surface area contributed by atoms with Gasteiger partial charge in [0.2, 0.25) is 0 Å². The molecule has 0 bridgehead atoms. The summed E-state index contributed by atoms with van der Waals surface area (Å²) >= 11 is 0. The predicted octanol–water partition coefficient (Wildman–Crippen LogP) is -2.03. The van der Waals surface area contributed by atoms with Crippen LogP contribution in [0.3, 0.4) is 0 Å². The van der Waals surface area contributed by atoms with Gasteiger partial charge in [0.25, 0.3) is 0 Å². The molecule has 2 heterocycles. The molecule has 0 saturated carbocycles. The van der Waals surface area contributed by atoms with Crippen LogP contribution in [0.2, 0.25) is 0 Å². The Bertz CT molecular complexity index is 1340. The van der Waals surface area contributed by atoms with Crippen LogP contribution in [0.5, 0.6) is 0 Å². The number of cyclic esters (lactones) is 4. The molecule has 0 aromatic rings. The molecule has 0 spiro atoms. The van der Waals surface area contributed by atoms with Crippen LogP contribution in [-0.2, 0) is 67.0 Å². The molecule has 2 aliphatic rings. The smallest absolute Gasteiger partial charge is 0.327 e. The topological polar surface area (TPSA) is 324 Å². The molecule has 0 amide bonds. The van der Waals surface area contributed by atoms with Crippen LogP contribution >= 0.6 is 0 Å². The molecule has 24 nitrogen and oxygen atoms in total. The number of unbranched alkanes of at least 4 members (excludes halogenated alkanes) is 3. The number of nitrogens with zero attached hydrogens (tertiary/aromatic N) is 6. The van der Waals surface area contributed by atoms with E-state index in [1.165, 1.54) is 47.3 Å². The number of aliphatic carboxylic acids is 4. The summed E-state index contributed by atoms with van der Waals surface area (Å²) in [7, 11) is 0. The maximum absolute atomic E-state index is 11.1. The van der Waals surface area contributed by atoms with Gasteiger partial charge in [0.15, 0.2) is 0 Å². The lowest BCUT2D eigenvalue weighted by Gasteiger charge is -2.26. The van der Waals surface area contributed by atoms with E-state index in [4.69, 9.17) is 20.4 Å². The van der Waals surface area contributed by atoms with Crippen LogP contribution in [0.15, 0.2) is 0 Å². The fraction of sp³-hybridized carbons (Fsp3) is 0.700. The maximum Gasteiger partial charge on any atom is 0.327 e. The minimum atomic E-state index is -0.995. The second-order valence-electron chi connectivity index (χ2n) is 15.5. The van der Waals surface area contributed by atoms with Gasteiger partial charge in [-0.05, 0) is 105 Å². The van der Waals surface area contributed by atoms with Crippen molar-refractivity contribution in [2.75, 3.05) is 118 Å². The number of Topliss-reactive ketones (excluding diaryl/α,β-unsaturated/α-hetero) is 4. The minimum Gasteiger partial charge on any atom is -0.480 e. The van der Waals surface area contributed by atoms with Gasteiger partial charge in [0, 0.05) is 0 Å². The predicted molar refractivity (Wildman–Crippen MR) is 222 cm³/mol. The number of rotatable bonds is 31. The number of carboxylic acid groups (broad SMARTS) is 4. The van der Waals surface area contributed by atoms with E-state index in [2.05, 4.69) is 9.47 Å². The summed E-state index contributed by atoms with van der Waals surface area (Å²) in [6.45, 7) is 8.57. The summed E-state index contributed by atoms with van der Waals surface area (Å²) in [5, 5.41) is 35.1. The number of carbonyl (C=O) groups excluding carboxylic acids is 8. The van der Waals surface area contributed by atoms with Crippen molar-refractivity contribution < 1.29 is 87.4 Å². The van der Waals surface area contributed by atoms with Gasteiger partial charge in [-0.25, -0.2) is 0 Å². The molecule has 4 N–H and O–H groups in total. The Morgan fingerprint density at radius 1 is 0.391 bits per heavy atom. The zero-order valence-electron chi connectivity index (χ0n) is 37.2. The second-order valence-corrected chi connectivity index (χ2v) is 15.5. The fourth-order valence-corrected chi connectivity index (χ4v) is 6.43. The Balaban J connectivity index is 0.000000931. The summed E-state index contributed by atoms with van der Waals surface area (Å²) in [6, 6.07) is 0. The van der Waals surface area contributed by atoms with Crippen molar-refractivity contribution in [2.24, 2.45) is 0 Å². The average molecular weight is 917 g/mol. The normalized spacial score (nSPS) is 14.3. The van der Waals surface area contributed by atoms with E-state index in [1.807, 2.05) is 0 Å². The third-order valence-electron chi connectivity index (χ3n) is 8.68. The molecule has 0 aromatic carbocycles. The third kappa shape index (κ3) is 34.1. The number of carbonyl (C=O) groups is 12. The number of ketones is 4. The van der Waals surface area contributed by atoms with Crippen molar-refractivity contribution in [3.05, 3.63) is 0 Å². The SMILES string of the molecule is CC(=O)CN(CCCCN(CC(C)=O)CC(=O)O)CC(=O)O.CC(=O)CN(CCCCN(CC(C)=O)CC(=O)O)CC(=O)O.O=C1CN(CCCCN2CC(=O)OC(=O)C2)CC(=O)O1. The molecule has 24 heteroatoms. The molecule has 2 aliphatic heterocycles. The number of carboxylic acids is 4. The molecule has 2 saturated heterocycles. The van der Waals surface area contributed by atoms with Crippen molar-refractivity contribution in [2.45, 2.75) is 66.2 Å². The number of morpholine rings is 2. The number of hydrogen-bond acceptors (Lipinski definition) is 20. The molecule has 2 rings (SSSR count). The molecule has 0 unspecified atom stereocenters. The Morgan fingerprint density at radius 3 is 0.766 bits per heavy atom. The lowest BCUT2D eigenvalue weighted by molar-refractivity contribution is -0.168. The molecule has 0 aliphatic carbocycles. The Labute approximate surface area is 371 Å². The molecular formula is C40H64N6O18. The van der Waals surface area contributed by atoms with E-state index < -0.39 is 47.8 Å². The highest BCUT2D eigenvalue weighted by Crippen LogP contribution is 2.06. The largest absolute Gasteiger partial charge is 0.480 e. The summed E-state index contributed by atoms with van der Waals surface area (Å²) in [6.07, 6.45) is 4.01. The summed E-state index contributed by atoms with van der Waals surface area (Å²) in [4.78, 5) is 141. The van der Waals surface area contributed by atoms with Crippen molar-refractivity contribution in [1.29, 1.82) is 0 Å². The molecular weight excluding hydrogens is 852 g/mol. The monoisotopic (exact) mass is 916 g/mol. The first-order valence-corrected chi connectivity index (χ1v) is 20.6. The molecule has 0 aromatic heterocycles. The Morgan fingerprint density at radius 2 is 0.594 bits per heavy atom. The lowest BCUT2D eigenvalue weighted by Crippen LogP contribution is -2.44. The summed E-state index contributed by atoms with van der Waals surface area (Å²) in [5.74, 6) is -6.50. The highest BCUT2D eigenvalue weighted by molar-refractivity contribution is 5.90. The first-order chi connectivity index (χ1) is 29.9.